The van der Waals surface area contributed by atoms with E-state index < -0.39 is 0 Å². The van der Waals surface area contributed by atoms with Crippen LogP contribution in [-0.4, -0.2) is 24.7 Å². The highest BCUT2D eigenvalue weighted by Gasteiger charge is 2.06. The van der Waals surface area contributed by atoms with E-state index in [0.29, 0.717) is 17.7 Å². The summed E-state index contributed by atoms with van der Waals surface area (Å²) >= 11 is 1.57. The Hall–Kier alpha value is -2.47. The zero-order valence-electron chi connectivity index (χ0n) is 12.7. The summed E-state index contributed by atoms with van der Waals surface area (Å²) in [5.41, 5.74) is 5.31. The van der Waals surface area contributed by atoms with Crippen LogP contribution >= 0.6 is 11.8 Å². The topological polar surface area (TPSA) is 67.4 Å². The Labute approximate surface area is 139 Å². The fourth-order valence-electron chi connectivity index (χ4n) is 1.78. The number of hydrogen-bond acceptors (Lipinski definition) is 4. The molecule has 0 aliphatic rings. The first-order valence-corrected chi connectivity index (χ1v) is 8.08. The van der Waals surface area contributed by atoms with E-state index in [1.165, 1.54) is 0 Å². The SMILES string of the molecule is COc1ccc(SCCC(=O)NNC(=O)c2ccccc2)cc1. The molecule has 0 heterocycles. The Morgan fingerprint density at radius 1 is 1.00 bits per heavy atom. The van der Waals surface area contributed by atoms with E-state index in [4.69, 9.17) is 4.74 Å². The summed E-state index contributed by atoms with van der Waals surface area (Å²) in [5.74, 6) is 0.868. The van der Waals surface area contributed by atoms with Gasteiger partial charge in [-0.15, -0.1) is 11.8 Å². The number of rotatable bonds is 6. The third-order valence-corrected chi connectivity index (χ3v) is 4.02. The Morgan fingerprint density at radius 2 is 1.70 bits per heavy atom. The van der Waals surface area contributed by atoms with Crippen LogP contribution in [0, 0.1) is 0 Å². The van der Waals surface area contributed by atoms with Crippen molar-refractivity contribution in [1.82, 2.24) is 10.9 Å². The van der Waals surface area contributed by atoms with Crippen molar-refractivity contribution in [3.8, 4) is 5.75 Å². The van der Waals surface area contributed by atoms with Gasteiger partial charge in [-0.25, -0.2) is 0 Å². The summed E-state index contributed by atoms with van der Waals surface area (Å²) < 4.78 is 5.09. The van der Waals surface area contributed by atoms with Crippen molar-refractivity contribution >= 4 is 23.6 Å². The molecule has 6 heteroatoms. The number of benzene rings is 2. The summed E-state index contributed by atoms with van der Waals surface area (Å²) in [5, 5.41) is 0. The van der Waals surface area contributed by atoms with Crippen LogP contribution in [-0.2, 0) is 4.79 Å². The molecule has 0 spiro atoms. The van der Waals surface area contributed by atoms with E-state index >= 15 is 0 Å². The van der Waals surface area contributed by atoms with Crippen LogP contribution in [0.3, 0.4) is 0 Å². The molecule has 120 valence electrons. The van der Waals surface area contributed by atoms with Gasteiger partial charge in [-0.3, -0.25) is 20.4 Å². The monoisotopic (exact) mass is 330 g/mol. The maximum atomic E-state index is 11.8. The first-order valence-electron chi connectivity index (χ1n) is 7.10. The maximum absolute atomic E-state index is 11.8. The molecule has 0 aliphatic carbocycles. The van der Waals surface area contributed by atoms with Crippen molar-refractivity contribution in [2.75, 3.05) is 12.9 Å². The fraction of sp³-hybridized carbons (Fsp3) is 0.176. The van der Waals surface area contributed by atoms with E-state index in [-0.39, 0.29) is 11.8 Å². The second kappa shape index (κ2) is 8.85. The van der Waals surface area contributed by atoms with Gasteiger partial charge >= 0.3 is 0 Å². The third kappa shape index (κ3) is 5.67. The molecule has 5 nitrogen and oxygen atoms in total. The second-order valence-electron chi connectivity index (χ2n) is 4.64. The van der Waals surface area contributed by atoms with Crippen LogP contribution in [0.1, 0.15) is 16.8 Å². The highest BCUT2D eigenvalue weighted by atomic mass is 32.2. The minimum Gasteiger partial charge on any atom is -0.497 e. The summed E-state index contributed by atoms with van der Waals surface area (Å²) in [6.45, 7) is 0. The van der Waals surface area contributed by atoms with Crippen LogP contribution in [0.25, 0.3) is 0 Å². The second-order valence-corrected chi connectivity index (χ2v) is 5.81. The van der Waals surface area contributed by atoms with Crippen LogP contribution in [0.15, 0.2) is 59.5 Å². The van der Waals surface area contributed by atoms with Gasteiger partial charge in [0.15, 0.2) is 0 Å². The molecule has 0 saturated heterocycles. The molecule has 0 fully saturated rings. The standard InChI is InChI=1S/C17H18N2O3S/c1-22-14-7-9-15(10-8-14)23-12-11-16(20)18-19-17(21)13-5-3-2-4-6-13/h2-10H,11-12H2,1H3,(H,18,20)(H,19,21). The van der Waals surface area contributed by atoms with Crippen LogP contribution in [0.5, 0.6) is 5.75 Å². The number of amides is 2. The molecule has 2 aromatic carbocycles. The smallest absolute Gasteiger partial charge is 0.269 e. The highest BCUT2D eigenvalue weighted by Crippen LogP contribution is 2.21. The Bertz CT molecular complexity index is 645. The van der Waals surface area contributed by atoms with Crippen molar-refractivity contribution in [3.05, 3.63) is 60.2 Å². The molecule has 0 aromatic heterocycles. The van der Waals surface area contributed by atoms with E-state index in [9.17, 15) is 9.59 Å². The molecular weight excluding hydrogens is 312 g/mol. The number of carbonyl (C=O) groups is 2. The first-order chi connectivity index (χ1) is 11.2. The van der Waals surface area contributed by atoms with Gasteiger partial charge < -0.3 is 4.74 Å². The Kier molecular flexibility index (Phi) is 6.50. The highest BCUT2D eigenvalue weighted by molar-refractivity contribution is 7.99. The van der Waals surface area contributed by atoms with Crippen molar-refractivity contribution in [2.45, 2.75) is 11.3 Å². The van der Waals surface area contributed by atoms with E-state index in [1.54, 1.807) is 43.1 Å². The number of hydrogen-bond donors (Lipinski definition) is 2. The fourth-order valence-corrected chi connectivity index (χ4v) is 2.64. The molecule has 0 saturated carbocycles. The molecule has 0 aliphatic heterocycles. The number of ether oxygens (including phenoxy) is 1. The lowest BCUT2D eigenvalue weighted by Gasteiger charge is -2.07. The van der Waals surface area contributed by atoms with Gasteiger partial charge in [-0.05, 0) is 36.4 Å². The lowest BCUT2D eigenvalue weighted by atomic mass is 10.2. The molecule has 0 bridgehead atoms. The predicted molar refractivity (Wildman–Crippen MR) is 90.4 cm³/mol. The molecule has 2 aromatic rings. The summed E-state index contributed by atoms with van der Waals surface area (Å²) in [7, 11) is 1.62. The predicted octanol–water partition coefficient (Wildman–Crippen LogP) is 2.64. The number of hydrazine groups is 1. The zero-order valence-corrected chi connectivity index (χ0v) is 13.6. The molecule has 2 amide bonds. The van der Waals surface area contributed by atoms with Crippen molar-refractivity contribution < 1.29 is 14.3 Å². The third-order valence-electron chi connectivity index (χ3n) is 3.01. The van der Waals surface area contributed by atoms with Crippen LogP contribution in [0.2, 0.25) is 0 Å². The molecule has 0 atom stereocenters. The zero-order chi connectivity index (χ0) is 16.5. The summed E-state index contributed by atoms with van der Waals surface area (Å²) in [4.78, 5) is 24.5. The van der Waals surface area contributed by atoms with Gasteiger partial charge in [0.2, 0.25) is 5.91 Å². The lowest BCUT2D eigenvalue weighted by Crippen LogP contribution is -2.41. The van der Waals surface area contributed by atoms with E-state index in [1.807, 2.05) is 30.3 Å². The van der Waals surface area contributed by atoms with Gasteiger partial charge in [-0.2, -0.15) is 0 Å². The molecule has 2 rings (SSSR count). The summed E-state index contributed by atoms with van der Waals surface area (Å²) in [6.07, 6.45) is 0.311. The van der Waals surface area contributed by atoms with Crippen LogP contribution < -0.4 is 15.6 Å². The largest absolute Gasteiger partial charge is 0.497 e. The quantitative estimate of drug-likeness (QED) is 0.631. The number of methoxy groups -OCH3 is 1. The maximum Gasteiger partial charge on any atom is 0.269 e. The molecule has 23 heavy (non-hydrogen) atoms. The normalized spacial score (nSPS) is 9.96. The van der Waals surface area contributed by atoms with Gasteiger partial charge in [0, 0.05) is 22.6 Å². The minimum absolute atomic E-state index is 0.227. The van der Waals surface area contributed by atoms with Crippen molar-refractivity contribution in [2.24, 2.45) is 0 Å². The Balaban J connectivity index is 1.67. The molecule has 2 N–H and O–H groups in total. The van der Waals surface area contributed by atoms with Gasteiger partial charge in [0.1, 0.15) is 5.75 Å². The summed E-state index contributed by atoms with van der Waals surface area (Å²) in [6, 6.07) is 16.4. The van der Waals surface area contributed by atoms with Gasteiger partial charge in [-0.1, -0.05) is 18.2 Å². The average molecular weight is 330 g/mol. The van der Waals surface area contributed by atoms with Crippen LogP contribution in [0.4, 0.5) is 0 Å². The van der Waals surface area contributed by atoms with Gasteiger partial charge in [0.25, 0.3) is 5.91 Å². The number of thioether (sulfide) groups is 1. The average Bonchev–Trinajstić information content (AvgIpc) is 2.61. The number of nitrogens with one attached hydrogen (secondary N) is 2. The van der Waals surface area contributed by atoms with E-state index in [2.05, 4.69) is 10.9 Å². The molecular formula is C17H18N2O3S. The molecule has 0 radical (unpaired) electrons. The Morgan fingerprint density at radius 3 is 2.35 bits per heavy atom. The molecule has 0 unspecified atom stereocenters. The first kappa shape index (κ1) is 16.9. The van der Waals surface area contributed by atoms with Crippen molar-refractivity contribution in [1.29, 1.82) is 0 Å². The number of carbonyl (C=O) groups excluding carboxylic acids is 2. The van der Waals surface area contributed by atoms with Crippen molar-refractivity contribution in [3.63, 3.8) is 0 Å². The van der Waals surface area contributed by atoms with E-state index in [0.717, 1.165) is 10.6 Å². The minimum atomic E-state index is -0.332. The lowest BCUT2D eigenvalue weighted by molar-refractivity contribution is -0.121. The van der Waals surface area contributed by atoms with Gasteiger partial charge in [0.05, 0.1) is 7.11 Å².